The summed E-state index contributed by atoms with van der Waals surface area (Å²) in [7, 11) is 1.90. The zero-order valence-corrected chi connectivity index (χ0v) is 13.8. The minimum Gasteiger partial charge on any atom is -0.316 e. The Kier molecular flexibility index (Phi) is 4.48. The normalized spacial score (nSPS) is 11.0. The molecule has 0 fully saturated rings. The van der Waals surface area contributed by atoms with E-state index in [-0.39, 0.29) is 5.82 Å². The summed E-state index contributed by atoms with van der Waals surface area (Å²) in [5.74, 6) is -0.149. The minimum atomic E-state index is -0.149. The summed E-state index contributed by atoms with van der Waals surface area (Å²) in [6, 6.07) is 5.38. The Morgan fingerprint density at radius 2 is 1.38 bits per heavy atom. The van der Waals surface area contributed by atoms with E-state index in [0.717, 1.165) is 17.7 Å². The minimum absolute atomic E-state index is 0.149. The van der Waals surface area contributed by atoms with Crippen molar-refractivity contribution < 1.29 is 4.39 Å². The Morgan fingerprint density at radius 1 is 0.857 bits per heavy atom. The van der Waals surface area contributed by atoms with Gasteiger partial charge in [0.2, 0.25) is 0 Å². The van der Waals surface area contributed by atoms with E-state index in [1.54, 1.807) is 6.07 Å². The van der Waals surface area contributed by atoms with Gasteiger partial charge >= 0.3 is 0 Å². The Labute approximate surface area is 127 Å². The fourth-order valence-electron chi connectivity index (χ4n) is 2.98. The van der Waals surface area contributed by atoms with Gasteiger partial charge in [0.05, 0.1) is 0 Å². The topological polar surface area (TPSA) is 12.0 Å². The van der Waals surface area contributed by atoms with Gasteiger partial charge in [-0.25, -0.2) is 4.39 Å². The van der Waals surface area contributed by atoms with Crippen LogP contribution in [0.3, 0.4) is 0 Å². The zero-order chi connectivity index (χ0) is 15.7. The van der Waals surface area contributed by atoms with Crippen LogP contribution in [0.5, 0.6) is 0 Å². The SMILES string of the molecule is CNCc1ccc(F)c(-c2c(C)c(C)c(C)c(C)c2C)c1. The molecular weight excluding hydrogens is 261 g/mol. The Morgan fingerprint density at radius 3 is 1.90 bits per heavy atom. The molecule has 0 aromatic heterocycles. The van der Waals surface area contributed by atoms with Crippen LogP contribution in [0.25, 0.3) is 11.1 Å². The molecule has 0 atom stereocenters. The van der Waals surface area contributed by atoms with E-state index in [1.807, 2.05) is 19.2 Å². The molecule has 0 saturated carbocycles. The lowest BCUT2D eigenvalue weighted by atomic mass is 9.86. The highest BCUT2D eigenvalue weighted by molar-refractivity contribution is 5.75. The fraction of sp³-hybridized carbons (Fsp3) is 0.368. The molecule has 21 heavy (non-hydrogen) atoms. The first-order valence-electron chi connectivity index (χ1n) is 7.38. The quantitative estimate of drug-likeness (QED) is 0.857. The third kappa shape index (κ3) is 2.73. The predicted octanol–water partition coefficient (Wildman–Crippen LogP) is 4.75. The molecule has 0 amide bonds. The smallest absolute Gasteiger partial charge is 0.131 e. The molecule has 0 radical (unpaired) electrons. The molecule has 0 bridgehead atoms. The van der Waals surface area contributed by atoms with Crippen LogP contribution in [-0.4, -0.2) is 7.05 Å². The Hall–Kier alpha value is -1.67. The molecule has 1 nitrogen and oxygen atoms in total. The van der Waals surface area contributed by atoms with Crippen LogP contribution in [0.2, 0.25) is 0 Å². The van der Waals surface area contributed by atoms with Crippen molar-refractivity contribution in [3.63, 3.8) is 0 Å². The number of halogens is 1. The van der Waals surface area contributed by atoms with E-state index in [2.05, 4.69) is 39.9 Å². The zero-order valence-electron chi connectivity index (χ0n) is 13.8. The van der Waals surface area contributed by atoms with Gasteiger partial charge in [-0.1, -0.05) is 6.07 Å². The maximum absolute atomic E-state index is 14.4. The first-order chi connectivity index (χ1) is 9.88. The van der Waals surface area contributed by atoms with Crippen molar-refractivity contribution in [3.05, 3.63) is 57.4 Å². The summed E-state index contributed by atoms with van der Waals surface area (Å²) in [6.07, 6.45) is 0. The van der Waals surface area contributed by atoms with Crippen LogP contribution in [0, 0.1) is 40.4 Å². The lowest BCUT2D eigenvalue weighted by molar-refractivity contribution is 0.629. The van der Waals surface area contributed by atoms with Gasteiger partial charge in [0.15, 0.2) is 0 Å². The van der Waals surface area contributed by atoms with Crippen molar-refractivity contribution in [2.24, 2.45) is 0 Å². The number of hydrogen-bond donors (Lipinski definition) is 1. The first-order valence-corrected chi connectivity index (χ1v) is 7.38. The molecule has 0 unspecified atom stereocenters. The molecule has 2 aromatic rings. The van der Waals surface area contributed by atoms with Crippen LogP contribution in [0.1, 0.15) is 33.4 Å². The molecule has 0 aliphatic heterocycles. The second-order valence-electron chi connectivity index (χ2n) is 5.84. The maximum atomic E-state index is 14.4. The molecule has 0 aliphatic rings. The third-order valence-corrected chi connectivity index (χ3v) is 4.68. The van der Waals surface area contributed by atoms with Gasteiger partial charge in [0, 0.05) is 12.1 Å². The van der Waals surface area contributed by atoms with Gasteiger partial charge in [-0.3, -0.25) is 0 Å². The Balaban J connectivity index is 2.75. The summed E-state index contributed by atoms with van der Waals surface area (Å²) < 4.78 is 14.4. The van der Waals surface area contributed by atoms with Crippen LogP contribution >= 0.6 is 0 Å². The highest BCUT2D eigenvalue weighted by atomic mass is 19.1. The summed E-state index contributed by atoms with van der Waals surface area (Å²) in [6.45, 7) is 11.3. The number of benzene rings is 2. The monoisotopic (exact) mass is 285 g/mol. The molecule has 2 aromatic carbocycles. The van der Waals surface area contributed by atoms with E-state index < -0.39 is 0 Å². The van der Waals surface area contributed by atoms with E-state index in [9.17, 15) is 4.39 Å². The highest BCUT2D eigenvalue weighted by Gasteiger charge is 2.16. The van der Waals surface area contributed by atoms with Crippen molar-refractivity contribution >= 4 is 0 Å². The van der Waals surface area contributed by atoms with E-state index in [0.29, 0.717) is 5.56 Å². The van der Waals surface area contributed by atoms with Gasteiger partial charge in [-0.05, 0) is 92.7 Å². The van der Waals surface area contributed by atoms with Crippen molar-refractivity contribution in [1.82, 2.24) is 5.32 Å². The summed E-state index contributed by atoms with van der Waals surface area (Å²) in [5, 5.41) is 3.12. The van der Waals surface area contributed by atoms with E-state index in [1.165, 1.54) is 27.8 Å². The fourth-order valence-corrected chi connectivity index (χ4v) is 2.98. The van der Waals surface area contributed by atoms with Crippen LogP contribution in [0.4, 0.5) is 4.39 Å². The van der Waals surface area contributed by atoms with Crippen molar-refractivity contribution in [3.8, 4) is 11.1 Å². The number of nitrogens with one attached hydrogen (secondary N) is 1. The van der Waals surface area contributed by atoms with E-state index >= 15 is 0 Å². The molecule has 2 rings (SSSR count). The first kappa shape index (κ1) is 15.7. The van der Waals surface area contributed by atoms with Gasteiger partial charge in [0.25, 0.3) is 0 Å². The largest absolute Gasteiger partial charge is 0.316 e. The molecule has 0 spiro atoms. The standard InChI is InChI=1S/C19H24FN/c1-11-12(2)14(4)19(15(5)13(11)3)17-9-16(10-21-6)7-8-18(17)20/h7-9,21H,10H2,1-6H3. The summed E-state index contributed by atoms with van der Waals surface area (Å²) in [5.41, 5.74) is 9.03. The molecule has 1 N–H and O–H groups in total. The number of rotatable bonds is 3. The lowest BCUT2D eigenvalue weighted by Crippen LogP contribution is -2.06. The molecule has 0 saturated heterocycles. The van der Waals surface area contributed by atoms with E-state index in [4.69, 9.17) is 0 Å². The van der Waals surface area contributed by atoms with Crippen molar-refractivity contribution in [2.75, 3.05) is 7.05 Å². The molecule has 112 valence electrons. The van der Waals surface area contributed by atoms with Crippen LogP contribution < -0.4 is 5.32 Å². The third-order valence-electron chi connectivity index (χ3n) is 4.68. The predicted molar refractivity (Wildman–Crippen MR) is 88.3 cm³/mol. The van der Waals surface area contributed by atoms with Crippen molar-refractivity contribution in [1.29, 1.82) is 0 Å². The molecule has 0 heterocycles. The summed E-state index contributed by atoms with van der Waals surface area (Å²) >= 11 is 0. The maximum Gasteiger partial charge on any atom is 0.131 e. The van der Waals surface area contributed by atoms with Gasteiger partial charge in [0.1, 0.15) is 5.82 Å². The average molecular weight is 285 g/mol. The molecular formula is C19H24FN. The van der Waals surface area contributed by atoms with Crippen LogP contribution in [0.15, 0.2) is 18.2 Å². The molecule has 2 heteroatoms. The highest BCUT2D eigenvalue weighted by Crippen LogP contribution is 2.35. The average Bonchev–Trinajstić information content (AvgIpc) is 2.47. The number of hydrogen-bond acceptors (Lipinski definition) is 1. The summed E-state index contributed by atoms with van der Waals surface area (Å²) in [4.78, 5) is 0. The van der Waals surface area contributed by atoms with Crippen molar-refractivity contribution in [2.45, 2.75) is 41.2 Å². The van der Waals surface area contributed by atoms with Crippen LogP contribution in [-0.2, 0) is 6.54 Å². The Bertz CT molecular complexity index is 657. The lowest BCUT2D eigenvalue weighted by Gasteiger charge is -2.20. The van der Waals surface area contributed by atoms with Gasteiger partial charge < -0.3 is 5.32 Å². The second-order valence-corrected chi connectivity index (χ2v) is 5.84. The van der Waals surface area contributed by atoms with Gasteiger partial charge in [-0.15, -0.1) is 0 Å². The van der Waals surface area contributed by atoms with Gasteiger partial charge in [-0.2, -0.15) is 0 Å². The second kappa shape index (κ2) is 5.98. The molecule has 0 aliphatic carbocycles.